The second kappa shape index (κ2) is 8.02. The second-order valence-corrected chi connectivity index (χ2v) is 3.07. The van der Waals surface area contributed by atoms with Crippen molar-refractivity contribution in [1.82, 2.24) is 10.6 Å². The Kier molecular flexibility index (Phi) is 7.96. The molecule has 0 spiro atoms. The van der Waals surface area contributed by atoms with E-state index >= 15 is 0 Å². The molecule has 11 heavy (non-hydrogen) atoms. The molecule has 0 bridgehead atoms. The first-order valence-corrected chi connectivity index (χ1v) is 4.69. The number of unbranched alkanes of at least 4 members (excludes halogenated alkanes) is 1. The molecular formula is C9H22N2. The predicted octanol–water partition coefficient (Wildman–Crippen LogP) is 1.37. The van der Waals surface area contributed by atoms with Crippen LogP contribution in [0.5, 0.6) is 0 Å². The summed E-state index contributed by atoms with van der Waals surface area (Å²) in [5.74, 6) is 0. The SMILES string of the molecule is CCC(C)NCCCCNC. The van der Waals surface area contributed by atoms with E-state index in [2.05, 4.69) is 24.5 Å². The van der Waals surface area contributed by atoms with Crippen LogP contribution in [0.4, 0.5) is 0 Å². The van der Waals surface area contributed by atoms with E-state index in [0.717, 1.165) is 13.1 Å². The zero-order chi connectivity index (χ0) is 8.53. The molecular weight excluding hydrogens is 136 g/mol. The fourth-order valence-electron chi connectivity index (χ4n) is 0.920. The van der Waals surface area contributed by atoms with E-state index < -0.39 is 0 Å². The topological polar surface area (TPSA) is 24.1 Å². The third-order valence-electron chi connectivity index (χ3n) is 1.96. The van der Waals surface area contributed by atoms with Crippen LogP contribution in [-0.4, -0.2) is 26.2 Å². The van der Waals surface area contributed by atoms with Crippen molar-refractivity contribution in [3.05, 3.63) is 0 Å². The van der Waals surface area contributed by atoms with E-state index in [1.54, 1.807) is 0 Å². The van der Waals surface area contributed by atoms with Crippen molar-refractivity contribution in [2.24, 2.45) is 0 Å². The molecule has 0 radical (unpaired) electrons. The van der Waals surface area contributed by atoms with Gasteiger partial charge in [-0.3, -0.25) is 0 Å². The molecule has 1 atom stereocenters. The molecule has 0 aliphatic heterocycles. The second-order valence-electron chi connectivity index (χ2n) is 3.07. The Bertz CT molecular complexity index is 74.0. The van der Waals surface area contributed by atoms with Gasteiger partial charge in [-0.25, -0.2) is 0 Å². The Hall–Kier alpha value is -0.0800. The fourth-order valence-corrected chi connectivity index (χ4v) is 0.920. The van der Waals surface area contributed by atoms with Gasteiger partial charge >= 0.3 is 0 Å². The zero-order valence-corrected chi connectivity index (χ0v) is 8.11. The summed E-state index contributed by atoms with van der Waals surface area (Å²) in [5, 5.41) is 6.61. The molecule has 0 aromatic rings. The third-order valence-corrected chi connectivity index (χ3v) is 1.96. The largest absolute Gasteiger partial charge is 0.320 e. The summed E-state index contributed by atoms with van der Waals surface area (Å²) in [7, 11) is 2.00. The molecule has 1 unspecified atom stereocenters. The highest BCUT2D eigenvalue weighted by Crippen LogP contribution is 1.89. The van der Waals surface area contributed by atoms with E-state index in [-0.39, 0.29) is 0 Å². The van der Waals surface area contributed by atoms with Crippen molar-refractivity contribution in [3.63, 3.8) is 0 Å². The van der Waals surface area contributed by atoms with Crippen molar-refractivity contribution in [2.45, 2.75) is 39.2 Å². The van der Waals surface area contributed by atoms with Crippen LogP contribution in [0, 0.1) is 0 Å². The van der Waals surface area contributed by atoms with Gasteiger partial charge in [0.1, 0.15) is 0 Å². The maximum atomic E-state index is 3.46. The number of hydrogen-bond donors (Lipinski definition) is 2. The summed E-state index contributed by atoms with van der Waals surface area (Å²) in [4.78, 5) is 0. The first-order valence-electron chi connectivity index (χ1n) is 4.69. The minimum Gasteiger partial charge on any atom is -0.320 e. The Labute approximate surface area is 70.8 Å². The zero-order valence-electron chi connectivity index (χ0n) is 8.11. The summed E-state index contributed by atoms with van der Waals surface area (Å²) < 4.78 is 0. The molecule has 0 saturated heterocycles. The van der Waals surface area contributed by atoms with Gasteiger partial charge in [0.15, 0.2) is 0 Å². The van der Waals surface area contributed by atoms with Gasteiger partial charge in [-0.05, 0) is 46.3 Å². The molecule has 0 aromatic carbocycles. The number of nitrogens with one attached hydrogen (secondary N) is 2. The molecule has 0 heterocycles. The highest BCUT2D eigenvalue weighted by atomic mass is 14.9. The van der Waals surface area contributed by atoms with Gasteiger partial charge in [0.25, 0.3) is 0 Å². The molecule has 0 saturated carbocycles. The number of rotatable bonds is 7. The lowest BCUT2D eigenvalue weighted by Crippen LogP contribution is -2.26. The van der Waals surface area contributed by atoms with E-state index in [4.69, 9.17) is 0 Å². The first-order chi connectivity index (χ1) is 5.31. The quantitative estimate of drug-likeness (QED) is 0.547. The molecule has 0 aliphatic rings. The highest BCUT2D eigenvalue weighted by molar-refractivity contribution is 4.57. The van der Waals surface area contributed by atoms with Crippen LogP contribution in [0.15, 0.2) is 0 Å². The van der Waals surface area contributed by atoms with Gasteiger partial charge in [0.05, 0.1) is 0 Å². The molecule has 2 N–H and O–H groups in total. The Morgan fingerprint density at radius 2 is 1.82 bits per heavy atom. The van der Waals surface area contributed by atoms with Gasteiger partial charge in [0.2, 0.25) is 0 Å². The van der Waals surface area contributed by atoms with E-state index in [1.165, 1.54) is 19.3 Å². The fraction of sp³-hybridized carbons (Fsp3) is 1.00. The van der Waals surface area contributed by atoms with Gasteiger partial charge in [-0.2, -0.15) is 0 Å². The lowest BCUT2D eigenvalue weighted by Gasteiger charge is -2.10. The summed E-state index contributed by atoms with van der Waals surface area (Å²) in [6.45, 7) is 6.75. The summed E-state index contributed by atoms with van der Waals surface area (Å²) in [6.07, 6.45) is 3.79. The lowest BCUT2D eigenvalue weighted by atomic mass is 10.2. The monoisotopic (exact) mass is 158 g/mol. The molecule has 2 heteroatoms. The molecule has 0 rings (SSSR count). The molecule has 0 aromatic heterocycles. The van der Waals surface area contributed by atoms with Crippen molar-refractivity contribution in [3.8, 4) is 0 Å². The average Bonchev–Trinajstić information content (AvgIpc) is 2.04. The minimum absolute atomic E-state index is 0.685. The summed E-state index contributed by atoms with van der Waals surface area (Å²) in [5.41, 5.74) is 0. The van der Waals surface area contributed by atoms with Crippen LogP contribution in [0.3, 0.4) is 0 Å². The van der Waals surface area contributed by atoms with E-state index in [9.17, 15) is 0 Å². The summed E-state index contributed by atoms with van der Waals surface area (Å²) >= 11 is 0. The Balaban J connectivity index is 2.89. The highest BCUT2D eigenvalue weighted by Gasteiger charge is 1.94. The van der Waals surface area contributed by atoms with E-state index in [1.807, 2.05) is 7.05 Å². The van der Waals surface area contributed by atoms with Crippen molar-refractivity contribution in [2.75, 3.05) is 20.1 Å². The Morgan fingerprint density at radius 3 is 2.36 bits per heavy atom. The van der Waals surface area contributed by atoms with Crippen LogP contribution < -0.4 is 10.6 Å². The lowest BCUT2D eigenvalue weighted by molar-refractivity contribution is 0.513. The molecule has 0 amide bonds. The van der Waals surface area contributed by atoms with Gasteiger partial charge in [-0.15, -0.1) is 0 Å². The minimum atomic E-state index is 0.685. The maximum Gasteiger partial charge on any atom is 0.00360 e. The maximum absolute atomic E-state index is 3.46. The normalized spacial score (nSPS) is 13.4. The number of hydrogen-bond acceptors (Lipinski definition) is 2. The van der Waals surface area contributed by atoms with Crippen molar-refractivity contribution >= 4 is 0 Å². The molecule has 0 fully saturated rings. The van der Waals surface area contributed by atoms with Crippen LogP contribution in [0.1, 0.15) is 33.1 Å². The van der Waals surface area contributed by atoms with E-state index in [0.29, 0.717) is 6.04 Å². The van der Waals surface area contributed by atoms with Crippen LogP contribution in [-0.2, 0) is 0 Å². The smallest absolute Gasteiger partial charge is 0.00360 e. The van der Waals surface area contributed by atoms with Gasteiger partial charge in [-0.1, -0.05) is 6.92 Å². The first kappa shape index (κ1) is 10.9. The third kappa shape index (κ3) is 7.82. The van der Waals surface area contributed by atoms with Crippen LogP contribution in [0.2, 0.25) is 0 Å². The molecule has 68 valence electrons. The van der Waals surface area contributed by atoms with Gasteiger partial charge < -0.3 is 10.6 Å². The van der Waals surface area contributed by atoms with Crippen molar-refractivity contribution in [1.29, 1.82) is 0 Å². The average molecular weight is 158 g/mol. The van der Waals surface area contributed by atoms with Gasteiger partial charge in [0, 0.05) is 6.04 Å². The molecule has 0 aliphatic carbocycles. The van der Waals surface area contributed by atoms with Crippen LogP contribution in [0.25, 0.3) is 0 Å². The predicted molar refractivity (Wildman–Crippen MR) is 50.9 cm³/mol. The van der Waals surface area contributed by atoms with Crippen LogP contribution >= 0.6 is 0 Å². The summed E-state index contributed by atoms with van der Waals surface area (Å²) in [6, 6.07) is 0.685. The molecule has 2 nitrogen and oxygen atoms in total. The van der Waals surface area contributed by atoms with Crippen molar-refractivity contribution < 1.29 is 0 Å². The standard InChI is InChI=1S/C9H22N2/c1-4-9(2)11-8-6-5-7-10-3/h9-11H,4-8H2,1-3H3. The Morgan fingerprint density at radius 1 is 1.18 bits per heavy atom.